The average molecular weight is 697 g/mol. The molecule has 2 fully saturated rings. The number of imide groups is 2. The maximum atomic E-state index is 13.1. The van der Waals surface area contributed by atoms with E-state index < -0.39 is 23.8 Å². The van der Waals surface area contributed by atoms with Crippen molar-refractivity contribution in [2.24, 2.45) is 0 Å². The van der Waals surface area contributed by atoms with Gasteiger partial charge in [-0.15, -0.1) is 0 Å². The Morgan fingerprint density at radius 3 is 2.29 bits per heavy atom. The number of phenolic OH excluding ortho intramolecular Hbond substituents is 1. The summed E-state index contributed by atoms with van der Waals surface area (Å²) in [6.07, 6.45) is 7.52. The fraction of sp³-hybridized carbons (Fsp3) is 0.302. The van der Waals surface area contributed by atoms with E-state index in [1.807, 2.05) is 18.2 Å². The first-order valence-electron chi connectivity index (χ1n) is 18.3. The molecule has 3 N–H and O–H groups in total. The quantitative estimate of drug-likeness (QED) is 0.0863. The molecule has 0 saturated carbocycles. The van der Waals surface area contributed by atoms with Gasteiger partial charge in [0.2, 0.25) is 11.8 Å². The highest BCUT2D eigenvalue weighted by molar-refractivity contribution is 6.23. The predicted molar refractivity (Wildman–Crippen MR) is 202 cm³/mol. The lowest BCUT2D eigenvalue weighted by Crippen LogP contribution is -2.54. The Morgan fingerprint density at radius 2 is 1.56 bits per heavy atom. The number of piperidine rings is 2. The monoisotopic (exact) mass is 696 g/mol. The Kier molecular flexibility index (Phi) is 10.6. The van der Waals surface area contributed by atoms with Crippen molar-refractivity contribution >= 4 is 41.0 Å². The zero-order valence-corrected chi connectivity index (χ0v) is 29.2. The first kappa shape index (κ1) is 34.9. The van der Waals surface area contributed by atoms with Crippen molar-refractivity contribution in [3.05, 3.63) is 130 Å². The highest BCUT2D eigenvalue weighted by Crippen LogP contribution is 2.31. The Labute approximate surface area is 304 Å². The van der Waals surface area contributed by atoms with Crippen LogP contribution in [0.15, 0.2) is 97.1 Å². The van der Waals surface area contributed by atoms with Crippen LogP contribution >= 0.6 is 0 Å². The molecule has 4 aromatic rings. The first-order chi connectivity index (χ1) is 25.3. The van der Waals surface area contributed by atoms with E-state index in [4.69, 9.17) is 0 Å². The molecular formula is C43H44N4O5. The number of likely N-dealkylation sites (tertiary alicyclic amines) is 1. The molecule has 1 atom stereocenters. The third kappa shape index (κ3) is 8.00. The van der Waals surface area contributed by atoms with Crippen LogP contribution < -0.4 is 10.6 Å². The number of carbonyl (C=O) groups excluding carboxylic acids is 4. The van der Waals surface area contributed by atoms with Crippen LogP contribution in [0.4, 0.5) is 5.69 Å². The van der Waals surface area contributed by atoms with E-state index >= 15 is 0 Å². The smallest absolute Gasteiger partial charge is 0.262 e. The molecule has 2 saturated heterocycles. The zero-order chi connectivity index (χ0) is 36.0. The highest BCUT2D eigenvalue weighted by atomic mass is 16.3. The molecular weight excluding hydrogens is 652 g/mol. The Bertz CT molecular complexity index is 1970. The average Bonchev–Trinajstić information content (AvgIpc) is 3.41. The molecule has 3 aliphatic rings. The van der Waals surface area contributed by atoms with Crippen LogP contribution in [0.3, 0.4) is 0 Å². The largest absolute Gasteiger partial charge is 0.508 e. The number of hydrogen-bond donors (Lipinski definition) is 3. The van der Waals surface area contributed by atoms with Crippen LogP contribution in [-0.2, 0) is 16.0 Å². The highest BCUT2D eigenvalue weighted by Gasteiger charge is 2.44. The molecule has 0 aromatic heterocycles. The maximum absolute atomic E-state index is 13.1. The molecule has 0 spiro atoms. The number of phenols is 1. The molecule has 4 aromatic carbocycles. The molecule has 0 aliphatic carbocycles. The molecule has 9 nitrogen and oxygen atoms in total. The fourth-order valence-corrected chi connectivity index (χ4v) is 7.57. The van der Waals surface area contributed by atoms with Crippen molar-refractivity contribution in [2.45, 2.75) is 56.9 Å². The standard InChI is InChI=1S/C43H44N4O5/c48-36-16-10-29(11-17-36)7-14-34(31-5-2-1-3-6-31)27-30-8-12-32(13-9-30)33-21-25-46(26-22-33)24-4-23-44-35-15-18-37-38(28-35)43(52)47(42(37)51)39-19-20-40(49)45-41(39)50/h1-3,5-6,8-13,15-18,27-28,33,39,44,48H,4,7,14,19-26H2,(H,45,49,50)/b34-27+. The molecule has 1 unspecified atom stereocenters. The molecule has 0 radical (unpaired) electrons. The van der Waals surface area contributed by atoms with E-state index in [0.717, 1.165) is 68.9 Å². The Hall–Kier alpha value is -5.54. The summed E-state index contributed by atoms with van der Waals surface area (Å²) in [5, 5.41) is 15.3. The summed E-state index contributed by atoms with van der Waals surface area (Å²) in [6.45, 7) is 3.80. The van der Waals surface area contributed by atoms with Crippen LogP contribution in [0, 0.1) is 0 Å². The lowest BCUT2D eigenvalue weighted by molar-refractivity contribution is -0.136. The van der Waals surface area contributed by atoms with Gasteiger partial charge in [-0.05, 0) is 122 Å². The summed E-state index contributed by atoms with van der Waals surface area (Å²) in [5.74, 6) is -1.15. The SMILES string of the molecule is O=C1CCC(N2C(=O)c3ccc(NCCCN4CCC(c5ccc(/C=C(\CCc6ccc(O)cc6)c6ccccc6)cc5)CC4)cc3C2=O)C(=O)N1. The van der Waals surface area contributed by atoms with Crippen LogP contribution in [0.1, 0.15) is 87.4 Å². The van der Waals surface area contributed by atoms with Gasteiger partial charge in [-0.2, -0.15) is 0 Å². The second-order valence-electron chi connectivity index (χ2n) is 14.0. The number of hydrogen-bond acceptors (Lipinski definition) is 7. The van der Waals surface area contributed by atoms with Gasteiger partial charge in [0.1, 0.15) is 11.8 Å². The second-order valence-corrected chi connectivity index (χ2v) is 14.0. The van der Waals surface area contributed by atoms with E-state index in [0.29, 0.717) is 11.7 Å². The van der Waals surface area contributed by atoms with Crippen molar-refractivity contribution in [3.63, 3.8) is 0 Å². The minimum absolute atomic E-state index is 0.0979. The molecule has 3 aliphatic heterocycles. The number of fused-ring (bicyclic) bond motifs is 1. The molecule has 9 heteroatoms. The van der Waals surface area contributed by atoms with E-state index in [9.17, 15) is 24.3 Å². The van der Waals surface area contributed by atoms with E-state index in [1.54, 1.807) is 30.3 Å². The van der Waals surface area contributed by atoms with Crippen molar-refractivity contribution in [3.8, 4) is 5.75 Å². The van der Waals surface area contributed by atoms with Gasteiger partial charge >= 0.3 is 0 Å². The summed E-state index contributed by atoms with van der Waals surface area (Å²) in [5.41, 5.74) is 7.64. The van der Waals surface area contributed by atoms with Crippen LogP contribution in [0.25, 0.3) is 11.6 Å². The number of carbonyl (C=O) groups is 4. The van der Waals surface area contributed by atoms with Crippen LogP contribution in [-0.4, -0.2) is 70.8 Å². The maximum Gasteiger partial charge on any atom is 0.262 e. The number of aromatic hydroxyl groups is 1. The van der Waals surface area contributed by atoms with E-state index in [2.05, 4.69) is 70.1 Å². The predicted octanol–water partition coefficient (Wildman–Crippen LogP) is 6.65. The summed E-state index contributed by atoms with van der Waals surface area (Å²) in [7, 11) is 0. The first-order valence-corrected chi connectivity index (χ1v) is 18.3. The van der Waals surface area contributed by atoms with Gasteiger partial charge in [-0.3, -0.25) is 29.4 Å². The third-order valence-corrected chi connectivity index (χ3v) is 10.5. The lowest BCUT2D eigenvalue weighted by atomic mass is 9.88. The zero-order valence-electron chi connectivity index (χ0n) is 29.2. The topological polar surface area (TPSA) is 119 Å². The Balaban J connectivity index is 0.875. The van der Waals surface area contributed by atoms with E-state index in [1.165, 1.54) is 27.8 Å². The molecule has 0 bridgehead atoms. The second kappa shape index (κ2) is 15.8. The molecule has 266 valence electrons. The van der Waals surface area contributed by atoms with E-state index in [-0.39, 0.29) is 29.9 Å². The minimum atomic E-state index is -0.964. The summed E-state index contributed by atoms with van der Waals surface area (Å²) >= 11 is 0. The molecule has 52 heavy (non-hydrogen) atoms. The number of nitrogens with zero attached hydrogens (tertiary/aromatic N) is 2. The van der Waals surface area contributed by atoms with Crippen molar-refractivity contribution in [2.75, 3.05) is 31.5 Å². The van der Waals surface area contributed by atoms with Gasteiger partial charge in [0.15, 0.2) is 0 Å². The molecule has 4 amide bonds. The molecule has 7 rings (SSSR count). The van der Waals surface area contributed by atoms with Gasteiger partial charge in [0.25, 0.3) is 11.8 Å². The summed E-state index contributed by atoms with van der Waals surface area (Å²) < 4.78 is 0. The van der Waals surface area contributed by atoms with Gasteiger partial charge in [0.05, 0.1) is 11.1 Å². The summed E-state index contributed by atoms with van der Waals surface area (Å²) in [4.78, 5) is 53.5. The van der Waals surface area contributed by atoms with Gasteiger partial charge in [0, 0.05) is 18.7 Å². The fourth-order valence-electron chi connectivity index (χ4n) is 7.57. The number of rotatable bonds is 12. The van der Waals surface area contributed by atoms with Crippen molar-refractivity contribution in [1.82, 2.24) is 15.1 Å². The lowest BCUT2D eigenvalue weighted by Gasteiger charge is -2.32. The minimum Gasteiger partial charge on any atom is -0.508 e. The van der Waals surface area contributed by atoms with Crippen LogP contribution in [0.2, 0.25) is 0 Å². The van der Waals surface area contributed by atoms with Crippen molar-refractivity contribution < 1.29 is 24.3 Å². The van der Waals surface area contributed by atoms with Gasteiger partial charge in [-0.1, -0.05) is 72.8 Å². The van der Waals surface area contributed by atoms with Gasteiger partial charge in [-0.25, -0.2) is 0 Å². The number of allylic oxidation sites excluding steroid dienone is 1. The summed E-state index contributed by atoms with van der Waals surface area (Å²) in [6, 6.07) is 31.2. The number of benzene rings is 4. The van der Waals surface area contributed by atoms with Crippen LogP contribution in [0.5, 0.6) is 5.75 Å². The molecule has 3 heterocycles. The number of nitrogens with one attached hydrogen (secondary N) is 2. The Morgan fingerprint density at radius 1 is 0.827 bits per heavy atom. The number of anilines is 1. The normalized spacial score (nSPS) is 18.4. The van der Waals surface area contributed by atoms with Gasteiger partial charge < -0.3 is 15.3 Å². The number of amides is 4. The van der Waals surface area contributed by atoms with Crippen molar-refractivity contribution in [1.29, 1.82) is 0 Å². The third-order valence-electron chi connectivity index (χ3n) is 10.5. The number of aryl methyl sites for hydroxylation is 1.